The van der Waals surface area contributed by atoms with E-state index in [1.165, 1.54) is 17.0 Å². The van der Waals surface area contributed by atoms with Gasteiger partial charge in [-0.2, -0.15) is 13.2 Å². The van der Waals surface area contributed by atoms with Crippen LogP contribution in [0, 0.1) is 17.7 Å². The van der Waals surface area contributed by atoms with Gasteiger partial charge < -0.3 is 15.3 Å². The molecule has 0 unspecified atom stereocenters. The van der Waals surface area contributed by atoms with E-state index in [4.69, 9.17) is 11.6 Å². The van der Waals surface area contributed by atoms with Crippen LogP contribution >= 0.6 is 11.6 Å². The van der Waals surface area contributed by atoms with E-state index in [9.17, 15) is 40.7 Å². The minimum absolute atomic E-state index is 0.0677. The van der Waals surface area contributed by atoms with E-state index in [-0.39, 0.29) is 42.5 Å². The van der Waals surface area contributed by atoms with Crippen molar-refractivity contribution in [2.75, 3.05) is 30.5 Å². The van der Waals surface area contributed by atoms with Gasteiger partial charge in [0.05, 0.1) is 27.1 Å². The van der Waals surface area contributed by atoms with Crippen molar-refractivity contribution >= 4 is 51.0 Å². The molecule has 3 aromatic rings. The Balaban J connectivity index is 1.46. The molecule has 1 saturated heterocycles. The number of halogens is 5. The van der Waals surface area contributed by atoms with E-state index in [1.54, 1.807) is 37.3 Å². The van der Waals surface area contributed by atoms with Gasteiger partial charge in [-0.25, -0.2) is 17.6 Å². The molecule has 1 atom stereocenters. The van der Waals surface area contributed by atoms with Crippen molar-refractivity contribution < 1.29 is 40.7 Å². The molecular weight excluding hydrogens is 662 g/mol. The van der Waals surface area contributed by atoms with E-state index < -0.39 is 56.3 Å². The third kappa shape index (κ3) is 7.57. The number of anilines is 1. The minimum atomic E-state index is -4.76. The first-order valence-corrected chi connectivity index (χ1v) is 16.7. The van der Waals surface area contributed by atoms with E-state index in [2.05, 4.69) is 5.32 Å². The molecular formula is C33H32ClF4N3O5S. The number of rotatable bonds is 7. The summed E-state index contributed by atoms with van der Waals surface area (Å²) in [6, 6.07) is 12.4. The number of nitrogens with zero attached hydrogens (tertiary/aromatic N) is 2. The number of aliphatic carboxylic acids is 1. The Morgan fingerprint density at radius 3 is 2.43 bits per heavy atom. The molecule has 0 saturated carbocycles. The van der Waals surface area contributed by atoms with Gasteiger partial charge in [-0.3, -0.25) is 9.10 Å². The lowest BCUT2D eigenvalue weighted by molar-refractivity contribution is -0.143. The van der Waals surface area contributed by atoms with Crippen LogP contribution in [0.4, 0.5) is 28.0 Å². The Hall–Kier alpha value is -4.10. The molecule has 0 spiro atoms. The number of benzene rings is 3. The second kappa shape index (κ2) is 13.6. The first-order chi connectivity index (χ1) is 22.1. The lowest BCUT2D eigenvalue weighted by Crippen LogP contribution is -2.49. The standard InChI is InChI=1S/C33H32ClF4N3O5S/c1-20(30-27(34)6-3-7-28(30)35)14-21-8-9-24-15-22(18-39-32(44)40-12-10-23(11-13-40)31(42)43)19-41(29(24)16-21)47(45,46)26-5-2-4-25(17-26)33(36,37)38/h2-9,14,16-17,22-23H,10-13,15,18-19H2,1H3,(H,39,44)(H,42,43)/b20-14+/t22-/m0/s1. The number of likely N-dealkylation sites (tertiary alicyclic amines) is 1. The maximum Gasteiger partial charge on any atom is 0.416 e. The van der Waals surface area contributed by atoms with Crippen LogP contribution in [-0.2, 0) is 27.4 Å². The van der Waals surface area contributed by atoms with Crippen LogP contribution in [0.2, 0.25) is 5.02 Å². The normalized spacial score (nSPS) is 17.7. The number of fused-ring (bicyclic) bond motifs is 1. The van der Waals surface area contributed by atoms with Gasteiger partial charge in [0.15, 0.2) is 0 Å². The highest BCUT2D eigenvalue weighted by Gasteiger charge is 2.37. The summed E-state index contributed by atoms with van der Waals surface area (Å²) in [7, 11) is -4.52. The fourth-order valence-corrected chi connectivity index (χ4v) is 7.91. The summed E-state index contributed by atoms with van der Waals surface area (Å²) in [4.78, 5) is 25.1. The number of carbonyl (C=O) groups excluding carboxylic acids is 1. The van der Waals surface area contributed by atoms with Crippen molar-refractivity contribution in [2.45, 2.75) is 37.3 Å². The molecule has 0 bridgehead atoms. The van der Waals surface area contributed by atoms with E-state index in [0.717, 1.165) is 22.5 Å². The van der Waals surface area contributed by atoms with Gasteiger partial charge in [0.2, 0.25) is 0 Å². The summed E-state index contributed by atoms with van der Waals surface area (Å²) in [5, 5.41) is 12.2. The number of hydrogen-bond acceptors (Lipinski definition) is 4. The lowest BCUT2D eigenvalue weighted by atomic mass is 9.92. The van der Waals surface area contributed by atoms with Crippen LogP contribution < -0.4 is 9.62 Å². The molecule has 0 radical (unpaired) electrons. The molecule has 2 aliphatic rings. The van der Waals surface area contributed by atoms with Crippen LogP contribution in [-0.4, -0.2) is 56.6 Å². The zero-order valence-electron chi connectivity index (χ0n) is 25.2. The molecule has 2 N–H and O–H groups in total. The van der Waals surface area contributed by atoms with Gasteiger partial charge in [0.25, 0.3) is 10.0 Å². The summed E-state index contributed by atoms with van der Waals surface area (Å²) in [6.45, 7) is 2.11. The monoisotopic (exact) mass is 693 g/mol. The zero-order chi connectivity index (χ0) is 34.1. The second-order valence-electron chi connectivity index (χ2n) is 11.7. The fourth-order valence-electron chi connectivity index (χ4n) is 5.98. The number of carboxylic acids is 1. The Labute approximate surface area is 274 Å². The number of allylic oxidation sites excluding steroid dienone is 1. The number of carbonyl (C=O) groups is 2. The predicted octanol–water partition coefficient (Wildman–Crippen LogP) is 6.93. The number of alkyl halides is 3. The SMILES string of the molecule is C/C(=C\c1ccc2c(c1)N(S(=O)(=O)c1cccc(C(F)(F)F)c1)C[C@H](CNC(=O)N1CCC(C(=O)O)CC1)C2)c1c(F)cccc1Cl. The Morgan fingerprint density at radius 1 is 1.06 bits per heavy atom. The highest BCUT2D eigenvalue weighted by atomic mass is 35.5. The maximum absolute atomic E-state index is 14.6. The number of hydrogen-bond donors (Lipinski definition) is 2. The average Bonchev–Trinajstić information content (AvgIpc) is 3.03. The lowest BCUT2D eigenvalue weighted by Gasteiger charge is -2.36. The van der Waals surface area contributed by atoms with Gasteiger partial charge in [0.1, 0.15) is 5.82 Å². The molecule has 47 heavy (non-hydrogen) atoms. The topological polar surface area (TPSA) is 107 Å². The first kappa shape index (κ1) is 34.2. The quantitative estimate of drug-likeness (QED) is 0.206. The Bertz CT molecular complexity index is 1800. The highest BCUT2D eigenvalue weighted by molar-refractivity contribution is 7.92. The molecule has 0 aromatic heterocycles. The largest absolute Gasteiger partial charge is 0.481 e. The number of piperidine rings is 1. The maximum atomic E-state index is 14.6. The molecule has 3 aromatic carbocycles. The number of sulfonamides is 1. The van der Waals surface area contributed by atoms with Crippen LogP contribution in [0.1, 0.15) is 42.0 Å². The van der Waals surface area contributed by atoms with E-state index >= 15 is 0 Å². The van der Waals surface area contributed by atoms with Gasteiger partial charge in [-0.1, -0.05) is 41.9 Å². The molecule has 2 heterocycles. The molecule has 1 fully saturated rings. The van der Waals surface area contributed by atoms with Crippen molar-refractivity contribution in [2.24, 2.45) is 11.8 Å². The number of nitrogens with one attached hydrogen (secondary N) is 1. The summed E-state index contributed by atoms with van der Waals surface area (Å²) in [6.07, 6.45) is -2.13. The van der Waals surface area contributed by atoms with Crippen LogP contribution in [0.15, 0.2) is 65.6 Å². The van der Waals surface area contributed by atoms with Crippen molar-refractivity contribution in [3.8, 4) is 0 Å². The van der Waals surface area contributed by atoms with Crippen molar-refractivity contribution in [1.29, 1.82) is 0 Å². The number of carboxylic acid groups (broad SMARTS) is 1. The van der Waals surface area contributed by atoms with Gasteiger partial charge in [0, 0.05) is 31.7 Å². The summed E-state index contributed by atoms with van der Waals surface area (Å²) in [5.41, 5.74) is 0.906. The zero-order valence-corrected chi connectivity index (χ0v) is 26.8. The van der Waals surface area contributed by atoms with Crippen molar-refractivity contribution in [3.63, 3.8) is 0 Å². The highest BCUT2D eigenvalue weighted by Crippen LogP contribution is 2.38. The molecule has 2 amide bonds. The predicted molar refractivity (Wildman–Crippen MR) is 170 cm³/mol. The molecule has 2 aliphatic heterocycles. The molecule has 0 aliphatic carbocycles. The van der Waals surface area contributed by atoms with Gasteiger partial charge in [-0.15, -0.1) is 0 Å². The van der Waals surface area contributed by atoms with Crippen molar-refractivity contribution in [1.82, 2.24) is 10.2 Å². The third-order valence-corrected chi connectivity index (χ3v) is 10.6. The van der Waals surface area contributed by atoms with Crippen LogP contribution in [0.25, 0.3) is 11.6 Å². The summed E-state index contributed by atoms with van der Waals surface area (Å²) in [5.74, 6) is -2.40. The fraction of sp³-hybridized carbons (Fsp3) is 0.333. The minimum Gasteiger partial charge on any atom is -0.481 e. The molecule has 14 heteroatoms. The Kier molecular flexibility index (Phi) is 9.88. The molecule has 8 nitrogen and oxygen atoms in total. The Morgan fingerprint density at radius 2 is 1.77 bits per heavy atom. The van der Waals surface area contributed by atoms with E-state index in [0.29, 0.717) is 42.0 Å². The van der Waals surface area contributed by atoms with Gasteiger partial charge in [-0.05, 0) is 85.2 Å². The second-order valence-corrected chi connectivity index (χ2v) is 14.0. The van der Waals surface area contributed by atoms with Crippen LogP contribution in [0.5, 0.6) is 0 Å². The summed E-state index contributed by atoms with van der Waals surface area (Å²) >= 11 is 6.23. The van der Waals surface area contributed by atoms with E-state index in [1.807, 2.05) is 0 Å². The number of urea groups is 1. The first-order valence-electron chi connectivity index (χ1n) is 14.9. The summed E-state index contributed by atoms with van der Waals surface area (Å²) < 4.78 is 84.3. The smallest absolute Gasteiger partial charge is 0.416 e. The van der Waals surface area contributed by atoms with Gasteiger partial charge >= 0.3 is 18.2 Å². The number of amides is 2. The molecule has 5 rings (SSSR count). The van der Waals surface area contributed by atoms with Crippen LogP contribution in [0.3, 0.4) is 0 Å². The van der Waals surface area contributed by atoms with Crippen molar-refractivity contribution in [3.05, 3.63) is 93.8 Å². The molecule has 250 valence electrons. The average molecular weight is 694 g/mol. The third-order valence-electron chi connectivity index (χ3n) is 8.47.